The number of methoxy groups -OCH3 is 1. The van der Waals surface area contributed by atoms with E-state index in [2.05, 4.69) is 5.32 Å². The number of furan rings is 1. The molecule has 0 unspecified atom stereocenters. The van der Waals surface area contributed by atoms with Crippen molar-refractivity contribution >= 4 is 16.9 Å². The van der Waals surface area contributed by atoms with Gasteiger partial charge in [-0.3, -0.25) is 4.79 Å². The Balaban J connectivity index is 2.34. The lowest BCUT2D eigenvalue weighted by Crippen LogP contribution is -2.49. The molecule has 0 radical (unpaired) electrons. The number of benzene rings is 1. The van der Waals surface area contributed by atoms with Gasteiger partial charge in [0.2, 0.25) is 5.91 Å². The van der Waals surface area contributed by atoms with Crippen molar-refractivity contribution in [1.82, 2.24) is 5.32 Å². The van der Waals surface area contributed by atoms with Gasteiger partial charge >= 0.3 is 0 Å². The zero-order chi connectivity index (χ0) is 15.8. The van der Waals surface area contributed by atoms with Crippen LogP contribution in [0.3, 0.4) is 0 Å². The van der Waals surface area contributed by atoms with E-state index in [0.717, 1.165) is 28.0 Å². The molecule has 1 atom stereocenters. The molecular weight excluding hydrogens is 268 g/mol. The molecule has 5 nitrogen and oxygen atoms in total. The minimum absolute atomic E-state index is 0.215. The molecule has 0 bridgehead atoms. The third-order valence-electron chi connectivity index (χ3n) is 3.51. The average Bonchev–Trinajstić information content (AvgIpc) is 2.74. The second-order valence-corrected chi connectivity index (χ2v) is 5.87. The van der Waals surface area contributed by atoms with Crippen LogP contribution in [0.1, 0.15) is 38.1 Å². The molecule has 5 heteroatoms. The van der Waals surface area contributed by atoms with E-state index in [1.807, 2.05) is 32.0 Å². The van der Waals surface area contributed by atoms with Gasteiger partial charge in [-0.2, -0.15) is 0 Å². The molecule has 0 saturated heterocycles. The summed E-state index contributed by atoms with van der Waals surface area (Å²) in [5, 5.41) is 3.86. The third-order valence-corrected chi connectivity index (χ3v) is 3.51. The van der Waals surface area contributed by atoms with Crippen LogP contribution in [0.15, 0.2) is 22.6 Å². The van der Waals surface area contributed by atoms with Crippen LogP contribution >= 0.6 is 0 Å². The monoisotopic (exact) mass is 290 g/mol. The van der Waals surface area contributed by atoms with E-state index in [0.29, 0.717) is 0 Å². The normalized spacial score (nSPS) is 13.2. The maximum absolute atomic E-state index is 12.0. The molecule has 2 aromatic rings. The SMILES string of the molecule is COc1ccc2oc([C@H](C)NC(=O)C(C)(C)N)c(C)c2c1. The van der Waals surface area contributed by atoms with Crippen molar-refractivity contribution in [3.05, 3.63) is 29.5 Å². The lowest BCUT2D eigenvalue weighted by Gasteiger charge is -2.21. The maximum atomic E-state index is 12.0. The number of carbonyl (C=O) groups is 1. The number of ether oxygens (including phenoxy) is 1. The summed E-state index contributed by atoms with van der Waals surface area (Å²) in [7, 11) is 1.63. The summed E-state index contributed by atoms with van der Waals surface area (Å²) in [6.45, 7) is 7.19. The molecule has 1 heterocycles. The summed E-state index contributed by atoms with van der Waals surface area (Å²) in [4.78, 5) is 12.0. The van der Waals surface area contributed by atoms with E-state index in [1.165, 1.54) is 0 Å². The maximum Gasteiger partial charge on any atom is 0.240 e. The van der Waals surface area contributed by atoms with E-state index in [-0.39, 0.29) is 11.9 Å². The molecule has 114 valence electrons. The average molecular weight is 290 g/mol. The van der Waals surface area contributed by atoms with Crippen LogP contribution in [0.5, 0.6) is 5.75 Å². The summed E-state index contributed by atoms with van der Waals surface area (Å²) in [6, 6.07) is 5.39. The highest BCUT2D eigenvalue weighted by molar-refractivity contribution is 5.86. The predicted molar refractivity (Wildman–Crippen MR) is 82.3 cm³/mol. The van der Waals surface area contributed by atoms with Crippen molar-refractivity contribution < 1.29 is 13.9 Å². The highest BCUT2D eigenvalue weighted by Gasteiger charge is 2.26. The first-order valence-corrected chi connectivity index (χ1v) is 6.91. The van der Waals surface area contributed by atoms with Gasteiger partial charge in [-0.25, -0.2) is 0 Å². The zero-order valence-electron chi connectivity index (χ0n) is 13.1. The van der Waals surface area contributed by atoms with Crippen molar-refractivity contribution in [2.75, 3.05) is 7.11 Å². The van der Waals surface area contributed by atoms with Crippen LogP contribution in [0.25, 0.3) is 11.0 Å². The van der Waals surface area contributed by atoms with Gasteiger partial charge in [0.05, 0.1) is 18.7 Å². The molecule has 2 rings (SSSR count). The number of aryl methyl sites for hydroxylation is 1. The molecule has 0 aliphatic carbocycles. The first kappa shape index (κ1) is 15.4. The quantitative estimate of drug-likeness (QED) is 0.907. The molecule has 1 aromatic heterocycles. The van der Waals surface area contributed by atoms with Crippen LogP contribution in [0.2, 0.25) is 0 Å². The topological polar surface area (TPSA) is 77.5 Å². The Hall–Kier alpha value is -2.01. The fourth-order valence-electron chi connectivity index (χ4n) is 2.21. The Morgan fingerprint density at radius 2 is 2.10 bits per heavy atom. The summed E-state index contributed by atoms with van der Waals surface area (Å²) in [5.41, 5.74) is 6.64. The lowest BCUT2D eigenvalue weighted by molar-refractivity contribution is -0.126. The number of carbonyl (C=O) groups excluding carboxylic acids is 1. The predicted octanol–water partition coefficient (Wildman–Crippen LogP) is 2.66. The van der Waals surface area contributed by atoms with Gasteiger partial charge < -0.3 is 20.2 Å². The van der Waals surface area contributed by atoms with Gasteiger partial charge in [0, 0.05) is 10.9 Å². The highest BCUT2D eigenvalue weighted by atomic mass is 16.5. The van der Waals surface area contributed by atoms with Crippen LogP contribution in [-0.4, -0.2) is 18.6 Å². The van der Waals surface area contributed by atoms with Gasteiger partial charge in [-0.1, -0.05) is 0 Å². The van der Waals surface area contributed by atoms with Crippen molar-refractivity contribution in [2.45, 2.75) is 39.3 Å². The summed E-state index contributed by atoms with van der Waals surface area (Å²) in [5.74, 6) is 1.29. The fourth-order valence-corrected chi connectivity index (χ4v) is 2.21. The van der Waals surface area contributed by atoms with Gasteiger partial charge in [0.15, 0.2) is 0 Å². The Labute approximate surface area is 124 Å². The highest BCUT2D eigenvalue weighted by Crippen LogP contribution is 2.31. The summed E-state index contributed by atoms with van der Waals surface area (Å²) >= 11 is 0. The number of nitrogens with two attached hydrogens (primary N) is 1. The van der Waals surface area contributed by atoms with Crippen LogP contribution < -0.4 is 15.8 Å². The summed E-state index contributed by atoms with van der Waals surface area (Å²) in [6.07, 6.45) is 0. The molecule has 0 saturated carbocycles. The number of hydrogen-bond donors (Lipinski definition) is 2. The number of hydrogen-bond acceptors (Lipinski definition) is 4. The zero-order valence-corrected chi connectivity index (χ0v) is 13.1. The van der Waals surface area contributed by atoms with Crippen molar-refractivity contribution in [3.8, 4) is 5.75 Å². The summed E-state index contributed by atoms with van der Waals surface area (Å²) < 4.78 is 11.1. The van der Waals surface area contributed by atoms with Crippen LogP contribution in [0.4, 0.5) is 0 Å². The van der Waals surface area contributed by atoms with Gasteiger partial charge in [0.1, 0.15) is 17.1 Å². The standard InChI is InChI=1S/C16H22N2O3/c1-9-12-8-11(20-5)6-7-13(12)21-14(9)10(2)18-15(19)16(3,4)17/h6-8,10H,17H2,1-5H3,(H,18,19)/t10-/m0/s1. The van der Waals surface area contributed by atoms with Crippen LogP contribution in [-0.2, 0) is 4.79 Å². The molecule has 21 heavy (non-hydrogen) atoms. The van der Waals surface area contributed by atoms with E-state index >= 15 is 0 Å². The smallest absolute Gasteiger partial charge is 0.240 e. The molecule has 3 N–H and O–H groups in total. The van der Waals surface area contributed by atoms with E-state index < -0.39 is 5.54 Å². The molecule has 0 aliphatic heterocycles. The molecule has 1 aromatic carbocycles. The second-order valence-electron chi connectivity index (χ2n) is 5.87. The van der Waals surface area contributed by atoms with E-state index in [4.69, 9.17) is 14.9 Å². The first-order valence-electron chi connectivity index (χ1n) is 6.91. The van der Waals surface area contributed by atoms with Gasteiger partial charge in [-0.05, 0) is 45.9 Å². The third kappa shape index (κ3) is 3.03. The number of amides is 1. The molecule has 0 aliphatic rings. The van der Waals surface area contributed by atoms with Crippen LogP contribution in [0, 0.1) is 6.92 Å². The lowest BCUT2D eigenvalue weighted by atomic mass is 10.0. The fraction of sp³-hybridized carbons (Fsp3) is 0.438. The van der Waals surface area contributed by atoms with Gasteiger partial charge in [-0.15, -0.1) is 0 Å². The molecular formula is C16H22N2O3. The molecule has 0 fully saturated rings. The number of nitrogens with one attached hydrogen (secondary N) is 1. The Bertz CT molecular complexity index is 668. The van der Waals surface area contributed by atoms with E-state index in [9.17, 15) is 4.79 Å². The first-order chi connectivity index (χ1) is 9.74. The Morgan fingerprint density at radius 3 is 2.67 bits per heavy atom. The van der Waals surface area contributed by atoms with Gasteiger partial charge in [0.25, 0.3) is 0 Å². The van der Waals surface area contributed by atoms with Crippen molar-refractivity contribution in [1.29, 1.82) is 0 Å². The molecule has 1 amide bonds. The van der Waals surface area contributed by atoms with E-state index in [1.54, 1.807) is 21.0 Å². The second kappa shape index (κ2) is 5.41. The number of rotatable bonds is 4. The largest absolute Gasteiger partial charge is 0.497 e. The minimum Gasteiger partial charge on any atom is -0.497 e. The Morgan fingerprint density at radius 1 is 1.43 bits per heavy atom. The number of fused-ring (bicyclic) bond motifs is 1. The minimum atomic E-state index is -0.919. The van der Waals surface area contributed by atoms with Crippen molar-refractivity contribution in [3.63, 3.8) is 0 Å². The van der Waals surface area contributed by atoms with Crippen molar-refractivity contribution in [2.24, 2.45) is 5.73 Å². The Kier molecular flexibility index (Phi) is 3.96. The molecule has 0 spiro atoms.